The molecule has 0 radical (unpaired) electrons. The lowest BCUT2D eigenvalue weighted by Crippen LogP contribution is -2.45. The smallest absolute Gasteiger partial charge is 0.117 e. The predicted molar refractivity (Wildman–Crippen MR) is 59.3 cm³/mol. The molecule has 1 saturated heterocycles. The van der Waals surface area contributed by atoms with Gasteiger partial charge in [-0.05, 0) is 12.1 Å². The van der Waals surface area contributed by atoms with E-state index in [4.69, 9.17) is 10.2 Å². The summed E-state index contributed by atoms with van der Waals surface area (Å²) in [6.07, 6.45) is 1.73. The van der Waals surface area contributed by atoms with Gasteiger partial charge in [-0.25, -0.2) is 0 Å². The third-order valence-electron chi connectivity index (χ3n) is 2.56. The van der Waals surface area contributed by atoms with Gasteiger partial charge < -0.3 is 10.2 Å². The maximum Gasteiger partial charge on any atom is 0.117 e. The molecule has 1 aliphatic heterocycles. The highest BCUT2D eigenvalue weighted by molar-refractivity contribution is 7.99. The van der Waals surface area contributed by atoms with Crippen LogP contribution in [-0.2, 0) is 6.54 Å². The largest absolute Gasteiger partial charge is 0.468 e. The van der Waals surface area contributed by atoms with Crippen LogP contribution in [0.5, 0.6) is 0 Å². The van der Waals surface area contributed by atoms with Crippen LogP contribution in [0.15, 0.2) is 22.8 Å². The number of rotatable bonds is 3. The van der Waals surface area contributed by atoms with Gasteiger partial charge in [0.2, 0.25) is 0 Å². The van der Waals surface area contributed by atoms with Gasteiger partial charge in [-0.15, -0.1) is 0 Å². The van der Waals surface area contributed by atoms with Crippen molar-refractivity contribution in [3.05, 3.63) is 24.2 Å². The van der Waals surface area contributed by atoms with Gasteiger partial charge in [0, 0.05) is 30.6 Å². The highest BCUT2D eigenvalue weighted by Gasteiger charge is 2.21. The maximum absolute atomic E-state index is 5.74. The highest BCUT2D eigenvalue weighted by Crippen LogP contribution is 2.18. The van der Waals surface area contributed by atoms with Crippen molar-refractivity contribution in [3.63, 3.8) is 0 Å². The van der Waals surface area contributed by atoms with E-state index in [2.05, 4.69) is 4.90 Å². The summed E-state index contributed by atoms with van der Waals surface area (Å²) in [4.78, 5) is 2.41. The van der Waals surface area contributed by atoms with Gasteiger partial charge in [0.15, 0.2) is 0 Å². The molecule has 0 saturated carbocycles. The van der Waals surface area contributed by atoms with E-state index in [0.717, 1.165) is 31.1 Å². The molecule has 0 bridgehead atoms. The molecule has 2 N–H and O–H groups in total. The second kappa shape index (κ2) is 4.87. The zero-order chi connectivity index (χ0) is 9.80. The fourth-order valence-corrected chi connectivity index (χ4v) is 2.87. The predicted octanol–water partition coefficient (Wildman–Crippen LogP) is 1.16. The van der Waals surface area contributed by atoms with Gasteiger partial charge >= 0.3 is 0 Å². The van der Waals surface area contributed by atoms with Crippen LogP contribution in [0.25, 0.3) is 0 Å². The first kappa shape index (κ1) is 10.1. The van der Waals surface area contributed by atoms with Gasteiger partial charge in [0.05, 0.1) is 12.8 Å². The molecule has 0 spiro atoms. The Bertz CT molecular complexity index is 263. The third kappa shape index (κ3) is 2.32. The van der Waals surface area contributed by atoms with Crippen LogP contribution >= 0.6 is 11.8 Å². The molecule has 1 fully saturated rings. The number of thioether (sulfide) groups is 1. The van der Waals surface area contributed by atoms with Crippen molar-refractivity contribution in [2.45, 2.75) is 12.6 Å². The van der Waals surface area contributed by atoms with Crippen molar-refractivity contribution in [2.24, 2.45) is 5.73 Å². The Morgan fingerprint density at radius 1 is 1.64 bits per heavy atom. The fraction of sp³-hybridized carbons (Fsp3) is 0.600. The fourth-order valence-electron chi connectivity index (χ4n) is 1.72. The molecule has 1 aliphatic rings. The van der Waals surface area contributed by atoms with Crippen LogP contribution in [0.1, 0.15) is 5.76 Å². The first-order valence-corrected chi connectivity index (χ1v) is 6.10. The van der Waals surface area contributed by atoms with Crippen LogP contribution in [0.4, 0.5) is 0 Å². The lowest BCUT2D eigenvalue weighted by atomic mass is 10.2. The SMILES string of the molecule is NCC1CSCCN1Cc1ccco1. The second-order valence-corrected chi connectivity index (χ2v) is 4.66. The highest BCUT2D eigenvalue weighted by atomic mass is 32.2. The van der Waals surface area contributed by atoms with Crippen molar-refractivity contribution in [2.75, 3.05) is 24.6 Å². The Labute approximate surface area is 88.6 Å². The summed E-state index contributed by atoms with van der Waals surface area (Å²) in [7, 11) is 0. The Hall–Kier alpha value is -0.450. The van der Waals surface area contributed by atoms with E-state index in [9.17, 15) is 0 Å². The van der Waals surface area contributed by atoms with Gasteiger partial charge in [0.25, 0.3) is 0 Å². The van der Waals surface area contributed by atoms with Gasteiger partial charge in [0.1, 0.15) is 5.76 Å². The van der Waals surface area contributed by atoms with Crippen LogP contribution in [0, 0.1) is 0 Å². The quantitative estimate of drug-likeness (QED) is 0.816. The monoisotopic (exact) mass is 212 g/mol. The van der Waals surface area contributed by atoms with E-state index in [0.29, 0.717) is 6.04 Å². The average Bonchev–Trinajstić information content (AvgIpc) is 2.71. The van der Waals surface area contributed by atoms with Crippen molar-refractivity contribution in [1.29, 1.82) is 0 Å². The van der Waals surface area contributed by atoms with E-state index >= 15 is 0 Å². The molecule has 1 aromatic rings. The number of hydrogen-bond donors (Lipinski definition) is 1. The molecule has 3 nitrogen and oxygen atoms in total. The zero-order valence-corrected chi connectivity index (χ0v) is 9.00. The molecule has 4 heteroatoms. The summed E-state index contributed by atoms with van der Waals surface area (Å²) in [5, 5.41) is 0. The molecule has 14 heavy (non-hydrogen) atoms. The summed E-state index contributed by atoms with van der Waals surface area (Å²) < 4.78 is 5.34. The van der Waals surface area contributed by atoms with E-state index in [1.54, 1.807) is 6.26 Å². The molecule has 1 atom stereocenters. The molecule has 0 aliphatic carbocycles. The van der Waals surface area contributed by atoms with Crippen LogP contribution in [-0.4, -0.2) is 35.5 Å². The van der Waals surface area contributed by atoms with E-state index in [1.165, 1.54) is 5.75 Å². The first-order chi connectivity index (χ1) is 6.90. The number of nitrogens with zero attached hydrogens (tertiary/aromatic N) is 1. The minimum Gasteiger partial charge on any atom is -0.468 e. The summed E-state index contributed by atoms with van der Waals surface area (Å²) in [6, 6.07) is 4.47. The zero-order valence-electron chi connectivity index (χ0n) is 8.19. The summed E-state index contributed by atoms with van der Waals surface area (Å²) >= 11 is 1.99. The molecule has 2 heterocycles. The summed E-state index contributed by atoms with van der Waals surface area (Å²) in [6.45, 7) is 2.76. The molecule has 1 aromatic heterocycles. The van der Waals surface area contributed by atoms with Crippen molar-refractivity contribution in [1.82, 2.24) is 4.90 Å². The first-order valence-electron chi connectivity index (χ1n) is 4.94. The lowest BCUT2D eigenvalue weighted by molar-refractivity contribution is 0.198. The Kier molecular flexibility index (Phi) is 3.50. The van der Waals surface area contributed by atoms with E-state index < -0.39 is 0 Å². The number of nitrogens with two attached hydrogens (primary N) is 1. The lowest BCUT2D eigenvalue weighted by Gasteiger charge is -2.33. The Morgan fingerprint density at radius 2 is 2.57 bits per heavy atom. The third-order valence-corrected chi connectivity index (χ3v) is 3.65. The van der Waals surface area contributed by atoms with Gasteiger partial charge in [-0.2, -0.15) is 11.8 Å². The molecule has 1 unspecified atom stereocenters. The molecular formula is C10H16N2OS. The molecule has 78 valence electrons. The second-order valence-electron chi connectivity index (χ2n) is 3.51. The standard InChI is InChI=1S/C10H16N2OS/c11-6-9-8-14-5-3-12(9)7-10-2-1-4-13-10/h1-2,4,9H,3,5-8,11H2. The van der Waals surface area contributed by atoms with Crippen LogP contribution in [0.3, 0.4) is 0 Å². The topological polar surface area (TPSA) is 42.4 Å². The molecule has 0 aromatic carbocycles. The molecular weight excluding hydrogens is 196 g/mol. The average molecular weight is 212 g/mol. The number of furan rings is 1. The molecule has 0 amide bonds. The molecule has 2 rings (SSSR count). The normalized spacial score (nSPS) is 23.9. The van der Waals surface area contributed by atoms with Crippen molar-refractivity contribution >= 4 is 11.8 Å². The van der Waals surface area contributed by atoms with Gasteiger partial charge in [-0.3, -0.25) is 4.90 Å². The Morgan fingerprint density at radius 3 is 3.29 bits per heavy atom. The number of hydrogen-bond acceptors (Lipinski definition) is 4. The Balaban J connectivity index is 1.94. The van der Waals surface area contributed by atoms with Crippen LogP contribution < -0.4 is 5.73 Å². The van der Waals surface area contributed by atoms with E-state index in [1.807, 2.05) is 23.9 Å². The van der Waals surface area contributed by atoms with Crippen LogP contribution in [0.2, 0.25) is 0 Å². The van der Waals surface area contributed by atoms with Crippen molar-refractivity contribution in [3.8, 4) is 0 Å². The van der Waals surface area contributed by atoms with Crippen molar-refractivity contribution < 1.29 is 4.42 Å². The summed E-state index contributed by atoms with van der Waals surface area (Å²) in [5.41, 5.74) is 5.74. The van der Waals surface area contributed by atoms with Gasteiger partial charge in [-0.1, -0.05) is 0 Å². The summed E-state index contributed by atoms with van der Waals surface area (Å²) in [5.74, 6) is 3.39. The minimum atomic E-state index is 0.513. The minimum absolute atomic E-state index is 0.513. The maximum atomic E-state index is 5.74. The van der Waals surface area contributed by atoms with E-state index in [-0.39, 0.29) is 0 Å².